The minimum absolute atomic E-state index is 0.112. The van der Waals surface area contributed by atoms with Crippen LogP contribution in [0.3, 0.4) is 0 Å². The first kappa shape index (κ1) is 19.5. The van der Waals surface area contributed by atoms with Gasteiger partial charge in [-0.1, -0.05) is 60.1 Å². The van der Waals surface area contributed by atoms with Crippen molar-refractivity contribution in [2.75, 3.05) is 0 Å². The van der Waals surface area contributed by atoms with E-state index < -0.39 is 6.23 Å². The molecule has 154 valence electrons. The van der Waals surface area contributed by atoms with Gasteiger partial charge in [-0.3, -0.25) is 0 Å². The van der Waals surface area contributed by atoms with Gasteiger partial charge < -0.3 is 9.84 Å². The predicted octanol–water partition coefficient (Wildman–Crippen LogP) is 3.21. The highest BCUT2D eigenvalue weighted by Gasteiger charge is 2.37. The van der Waals surface area contributed by atoms with Crippen LogP contribution in [0.2, 0.25) is 5.15 Å². The van der Waals surface area contributed by atoms with Crippen LogP contribution in [0.15, 0.2) is 77.7 Å². The summed E-state index contributed by atoms with van der Waals surface area (Å²) in [7, 11) is 1.66. The molecule has 1 aliphatic heterocycles. The summed E-state index contributed by atoms with van der Waals surface area (Å²) in [5.41, 5.74) is 2.92. The molecule has 6 nitrogen and oxygen atoms in total. The van der Waals surface area contributed by atoms with Crippen molar-refractivity contribution in [3.05, 3.63) is 99.8 Å². The van der Waals surface area contributed by atoms with Gasteiger partial charge in [-0.2, -0.15) is 4.57 Å². The summed E-state index contributed by atoms with van der Waals surface area (Å²) in [6.07, 6.45) is 0.908. The molecule has 31 heavy (non-hydrogen) atoms. The van der Waals surface area contributed by atoms with Crippen LogP contribution in [0.5, 0.6) is 5.88 Å². The number of ether oxygens (including phenoxy) is 1. The second kappa shape index (κ2) is 7.65. The number of benzene rings is 2. The van der Waals surface area contributed by atoms with E-state index in [1.54, 1.807) is 31.4 Å². The molecule has 1 unspecified atom stereocenters. The summed E-state index contributed by atoms with van der Waals surface area (Å²) in [6.45, 7) is 0.151. The van der Waals surface area contributed by atoms with Gasteiger partial charge in [0.25, 0.3) is 5.82 Å². The first-order valence-corrected chi connectivity index (χ1v) is 10.2. The number of fused-ring (bicyclic) bond motifs is 1. The highest BCUT2D eigenvalue weighted by Crippen LogP contribution is 2.30. The predicted molar refractivity (Wildman–Crippen MR) is 114 cm³/mol. The molecule has 0 saturated heterocycles. The molecule has 3 heterocycles. The Hall–Kier alpha value is -3.48. The third-order valence-electron chi connectivity index (χ3n) is 5.52. The van der Waals surface area contributed by atoms with Gasteiger partial charge in [0, 0.05) is 11.8 Å². The van der Waals surface area contributed by atoms with E-state index in [9.17, 15) is 9.90 Å². The third kappa shape index (κ3) is 3.30. The number of rotatable bonds is 3. The molecule has 7 heteroatoms. The number of hydrogen-bond donors (Lipinski definition) is 0. The zero-order valence-electron chi connectivity index (χ0n) is 16.7. The van der Waals surface area contributed by atoms with Crippen molar-refractivity contribution in [3.8, 4) is 28.1 Å². The summed E-state index contributed by atoms with van der Waals surface area (Å²) < 4.78 is 8.88. The van der Waals surface area contributed by atoms with E-state index in [1.807, 2.05) is 48.5 Å². The number of aromatic nitrogens is 3. The standard InChI is InChI=1S/C24H18ClN3O3/c1-27-20-14-31-24(18-10-11-19(25)26-13-18)28(20)23(30)21(22(27)29)17-9-5-8-16(12-17)15-6-3-2-4-7-15/h2-13,24H,14H2,1H3. The summed E-state index contributed by atoms with van der Waals surface area (Å²) in [6, 6.07) is 20.7. The second-order valence-corrected chi connectivity index (χ2v) is 7.74. The maximum atomic E-state index is 13.6. The zero-order valence-corrected chi connectivity index (χ0v) is 17.4. The van der Waals surface area contributed by atoms with Crippen LogP contribution >= 0.6 is 11.6 Å². The van der Waals surface area contributed by atoms with E-state index in [-0.39, 0.29) is 23.6 Å². The summed E-state index contributed by atoms with van der Waals surface area (Å²) in [5.74, 6) is 0.165. The Kier molecular flexibility index (Phi) is 4.81. The Balaban J connectivity index is 1.68. The van der Waals surface area contributed by atoms with Crippen LogP contribution in [0, 0.1) is 0 Å². The van der Waals surface area contributed by atoms with Crippen molar-refractivity contribution in [3.63, 3.8) is 0 Å². The summed E-state index contributed by atoms with van der Waals surface area (Å²) in [5, 5.41) is 13.5. The zero-order chi connectivity index (χ0) is 21.5. The Morgan fingerprint density at radius 2 is 1.81 bits per heavy atom. The smallest absolute Gasteiger partial charge is 0.347 e. The lowest BCUT2D eigenvalue weighted by Crippen LogP contribution is -2.56. The SMILES string of the molecule is Cn1c([O-])c(-c2cccc(-c3ccccc3)c2)c(=O)[n+]2c1COC2c1ccc(Cl)nc1. The van der Waals surface area contributed by atoms with E-state index in [0.29, 0.717) is 22.1 Å². The number of hydrogen-bond acceptors (Lipinski definition) is 4. The molecule has 0 amide bonds. The Labute approximate surface area is 183 Å². The van der Waals surface area contributed by atoms with Crippen molar-refractivity contribution in [2.24, 2.45) is 7.05 Å². The second-order valence-electron chi connectivity index (χ2n) is 7.36. The van der Waals surface area contributed by atoms with Crippen LogP contribution < -0.4 is 15.2 Å². The van der Waals surface area contributed by atoms with Crippen LogP contribution in [0.25, 0.3) is 22.3 Å². The Bertz CT molecular complexity index is 1340. The molecule has 4 aromatic rings. The fourth-order valence-corrected chi connectivity index (χ4v) is 4.03. The molecule has 2 aromatic heterocycles. The molecular formula is C24H18ClN3O3. The fourth-order valence-electron chi connectivity index (χ4n) is 3.92. The van der Waals surface area contributed by atoms with E-state index >= 15 is 0 Å². The third-order valence-corrected chi connectivity index (χ3v) is 5.74. The van der Waals surface area contributed by atoms with Gasteiger partial charge in [0.15, 0.2) is 6.61 Å². The van der Waals surface area contributed by atoms with Crippen molar-refractivity contribution >= 4 is 11.6 Å². The average Bonchev–Trinajstić information content (AvgIpc) is 3.25. The maximum absolute atomic E-state index is 13.6. The normalized spacial score (nSPS) is 15.1. The van der Waals surface area contributed by atoms with Gasteiger partial charge in [0.1, 0.15) is 10.7 Å². The van der Waals surface area contributed by atoms with Crippen molar-refractivity contribution in [1.29, 1.82) is 0 Å². The number of pyridine rings is 1. The van der Waals surface area contributed by atoms with Gasteiger partial charge >= 0.3 is 5.56 Å². The molecule has 1 aliphatic rings. The molecule has 0 fully saturated rings. The molecule has 5 rings (SSSR count). The van der Waals surface area contributed by atoms with Crippen LogP contribution in [-0.2, 0) is 18.4 Å². The van der Waals surface area contributed by atoms with E-state index in [0.717, 1.165) is 11.1 Å². The number of nitrogens with zero attached hydrogens (tertiary/aromatic N) is 3. The molecule has 0 spiro atoms. The Morgan fingerprint density at radius 3 is 2.55 bits per heavy atom. The largest absolute Gasteiger partial charge is 0.842 e. The van der Waals surface area contributed by atoms with Crippen molar-refractivity contribution in [1.82, 2.24) is 9.55 Å². The lowest BCUT2D eigenvalue weighted by atomic mass is 10.00. The van der Waals surface area contributed by atoms with Gasteiger partial charge in [-0.05, 0) is 34.9 Å². The van der Waals surface area contributed by atoms with Crippen LogP contribution in [0.1, 0.15) is 17.6 Å². The van der Waals surface area contributed by atoms with Crippen LogP contribution in [-0.4, -0.2) is 9.55 Å². The van der Waals surface area contributed by atoms with E-state index in [2.05, 4.69) is 4.98 Å². The minimum atomic E-state index is -0.671. The molecule has 0 radical (unpaired) electrons. The minimum Gasteiger partial charge on any atom is -0.842 e. The first-order chi connectivity index (χ1) is 15.0. The summed E-state index contributed by atoms with van der Waals surface area (Å²) in [4.78, 5) is 17.6. The van der Waals surface area contributed by atoms with Crippen LogP contribution in [0.4, 0.5) is 0 Å². The highest BCUT2D eigenvalue weighted by molar-refractivity contribution is 6.29. The van der Waals surface area contributed by atoms with Gasteiger partial charge in [0.05, 0.1) is 12.9 Å². The number of halogens is 1. The maximum Gasteiger partial charge on any atom is 0.347 e. The van der Waals surface area contributed by atoms with Crippen molar-refractivity contribution < 1.29 is 14.4 Å². The molecular weight excluding hydrogens is 414 g/mol. The highest BCUT2D eigenvalue weighted by atomic mass is 35.5. The molecule has 0 bridgehead atoms. The van der Waals surface area contributed by atoms with Crippen molar-refractivity contribution in [2.45, 2.75) is 12.8 Å². The monoisotopic (exact) mass is 431 g/mol. The van der Waals surface area contributed by atoms with Gasteiger partial charge in [-0.15, -0.1) is 0 Å². The van der Waals surface area contributed by atoms with E-state index in [1.165, 1.54) is 9.13 Å². The first-order valence-electron chi connectivity index (χ1n) is 9.78. The van der Waals surface area contributed by atoms with Gasteiger partial charge in [-0.25, -0.2) is 14.3 Å². The molecule has 1 atom stereocenters. The summed E-state index contributed by atoms with van der Waals surface area (Å²) >= 11 is 5.90. The molecule has 0 saturated carbocycles. The molecule has 0 N–H and O–H groups in total. The molecule has 2 aromatic carbocycles. The quantitative estimate of drug-likeness (QED) is 0.369. The Morgan fingerprint density at radius 1 is 1.06 bits per heavy atom. The average molecular weight is 432 g/mol. The van der Waals surface area contributed by atoms with E-state index in [4.69, 9.17) is 16.3 Å². The lowest BCUT2D eigenvalue weighted by Gasteiger charge is -2.17. The fraction of sp³-hybridized carbons (Fsp3) is 0.125. The topological polar surface area (TPSA) is 71.1 Å². The lowest BCUT2D eigenvalue weighted by molar-refractivity contribution is -0.748. The van der Waals surface area contributed by atoms with Gasteiger partial charge in [0.2, 0.25) is 6.23 Å². The molecule has 0 aliphatic carbocycles.